The van der Waals surface area contributed by atoms with E-state index in [0.29, 0.717) is 5.06 Å². The van der Waals surface area contributed by atoms with Crippen LogP contribution in [0.5, 0.6) is 5.75 Å². The van der Waals surface area contributed by atoms with Crippen molar-refractivity contribution in [3.8, 4) is 5.75 Å². The number of nitrogens with two attached hydrogens (primary N) is 1. The zero-order valence-electron chi connectivity index (χ0n) is 10.9. The van der Waals surface area contributed by atoms with Crippen molar-refractivity contribution in [3.63, 3.8) is 0 Å². The lowest BCUT2D eigenvalue weighted by Crippen LogP contribution is -2.28. The minimum atomic E-state index is -4.55. The second-order valence-electron chi connectivity index (χ2n) is 4.44. The molecule has 19 heavy (non-hydrogen) atoms. The summed E-state index contributed by atoms with van der Waals surface area (Å²) in [6, 6.07) is 3.49. The molecule has 7 heteroatoms. The number of hydroxylamine groups is 2. The highest BCUT2D eigenvalue weighted by Gasteiger charge is 2.35. The van der Waals surface area contributed by atoms with Gasteiger partial charge in [0.15, 0.2) is 0 Å². The van der Waals surface area contributed by atoms with E-state index in [-0.39, 0.29) is 17.4 Å². The maximum atomic E-state index is 12.9. The number of hydrogen-bond acceptors (Lipinski definition) is 4. The van der Waals surface area contributed by atoms with Crippen LogP contribution in [0.15, 0.2) is 18.2 Å². The molecule has 0 bridgehead atoms. The van der Waals surface area contributed by atoms with E-state index in [9.17, 15) is 18.4 Å². The van der Waals surface area contributed by atoms with E-state index >= 15 is 0 Å². The Morgan fingerprint density at radius 2 is 1.89 bits per heavy atom. The number of benzene rings is 1. The van der Waals surface area contributed by atoms with Crippen molar-refractivity contribution >= 4 is 0 Å². The lowest BCUT2D eigenvalue weighted by molar-refractivity contribution is -0.139. The molecule has 0 aliphatic heterocycles. The van der Waals surface area contributed by atoms with Gasteiger partial charge in [-0.3, -0.25) is 0 Å². The third-order valence-corrected chi connectivity index (χ3v) is 2.42. The summed E-state index contributed by atoms with van der Waals surface area (Å²) < 4.78 is 44.0. The summed E-state index contributed by atoms with van der Waals surface area (Å²) in [5.41, 5.74) is 4.81. The average Bonchev–Trinajstić information content (AvgIpc) is 2.26. The van der Waals surface area contributed by atoms with Crippen molar-refractivity contribution in [3.05, 3.63) is 29.3 Å². The first-order chi connectivity index (χ1) is 8.62. The Balaban J connectivity index is 3.23. The van der Waals surface area contributed by atoms with Gasteiger partial charge < -0.3 is 15.7 Å². The number of nitrogens with zero attached hydrogens (tertiary/aromatic N) is 1. The summed E-state index contributed by atoms with van der Waals surface area (Å²) in [5, 5.41) is 9.82. The van der Waals surface area contributed by atoms with Crippen LogP contribution in [0.4, 0.5) is 13.2 Å². The summed E-state index contributed by atoms with van der Waals surface area (Å²) in [6.45, 7) is 3.28. The molecule has 0 radical (unpaired) electrons. The van der Waals surface area contributed by atoms with E-state index in [1.807, 2.05) is 0 Å². The average molecular weight is 278 g/mol. The molecule has 0 saturated carbocycles. The second-order valence-corrected chi connectivity index (χ2v) is 4.44. The van der Waals surface area contributed by atoms with Gasteiger partial charge in [0, 0.05) is 7.05 Å². The Morgan fingerprint density at radius 3 is 2.32 bits per heavy atom. The van der Waals surface area contributed by atoms with Gasteiger partial charge in [0.05, 0.1) is 11.7 Å². The van der Waals surface area contributed by atoms with Crippen LogP contribution < -0.4 is 10.5 Å². The molecule has 1 rings (SSSR count). The number of alkyl halides is 3. The predicted molar refractivity (Wildman–Crippen MR) is 63.7 cm³/mol. The zero-order chi connectivity index (χ0) is 14.8. The summed E-state index contributed by atoms with van der Waals surface area (Å²) in [6.07, 6.45) is -5.95. The Labute approximate surface area is 109 Å². The van der Waals surface area contributed by atoms with Crippen LogP contribution in [0, 0.1) is 0 Å². The SMILES string of the molecule is CC(C)Oc1ccc(C(N)N(C)O)cc1C(F)(F)F. The topological polar surface area (TPSA) is 58.7 Å². The lowest BCUT2D eigenvalue weighted by atomic mass is 10.1. The first-order valence-electron chi connectivity index (χ1n) is 5.68. The van der Waals surface area contributed by atoms with Gasteiger partial charge in [0.25, 0.3) is 0 Å². The molecule has 0 spiro atoms. The van der Waals surface area contributed by atoms with E-state index in [1.165, 1.54) is 19.2 Å². The first-order valence-corrected chi connectivity index (χ1v) is 5.68. The van der Waals surface area contributed by atoms with Gasteiger partial charge in [0.1, 0.15) is 11.9 Å². The molecule has 0 saturated heterocycles. The van der Waals surface area contributed by atoms with Crippen molar-refractivity contribution < 1.29 is 23.1 Å². The summed E-state index contributed by atoms with van der Waals surface area (Å²) in [7, 11) is 1.26. The maximum Gasteiger partial charge on any atom is 0.419 e. The van der Waals surface area contributed by atoms with E-state index < -0.39 is 17.9 Å². The molecule has 1 aromatic rings. The molecule has 0 aliphatic carbocycles. The quantitative estimate of drug-likeness (QED) is 0.657. The number of hydrogen-bond donors (Lipinski definition) is 2. The highest BCUT2D eigenvalue weighted by Crippen LogP contribution is 2.38. The van der Waals surface area contributed by atoms with Gasteiger partial charge in [-0.05, 0) is 31.5 Å². The first kappa shape index (κ1) is 15.7. The van der Waals surface area contributed by atoms with Crippen molar-refractivity contribution in [2.45, 2.75) is 32.3 Å². The highest BCUT2D eigenvalue weighted by molar-refractivity contribution is 5.40. The van der Waals surface area contributed by atoms with E-state index in [1.54, 1.807) is 13.8 Å². The van der Waals surface area contributed by atoms with Crippen LogP contribution in [-0.4, -0.2) is 23.4 Å². The largest absolute Gasteiger partial charge is 0.490 e. The van der Waals surface area contributed by atoms with Gasteiger partial charge in [-0.25, -0.2) is 0 Å². The normalized spacial score (nSPS) is 14.0. The fourth-order valence-corrected chi connectivity index (χ4v) is 1.53. The fraction of sp³-hybridized carbons (Fsp3) is 0.500. The van der Waals surface area contributed by atoms with E-state index in [0.717, 1.165) is 6.07 Å². The van der Waals surface area contributed by atoms with Gasteiger partial charge >= 0.3 is 6.18 Å². The summed E-state index contributed by atoms with van der Waals surface area (Å²) >= 11 is 0. The second kappa shape index (κ2) is 5.77. The fourth-order valence-electron chi connectivity index (χ4n) is 1.53. The zero-order valence-corrected chi connectivity index (χ0v) is 10.9. The van der Waals surface area contributed by atoms with Crippen LogP contribution in [0.3, 0.4) is 0 Å². The Bertz CT molecular complexity index is 433. The molecular weight excluding hydrogens is 261 g/mol. The van der Waals surface area contributed by atoms with E-state index in [4.69, 9.17) is 10.5 Å². The number of rotatable bonds is 4. The van der Waals surface area contributed by atoms with Crippen LogP contribution in [0.25, 0.3) is 0 Å². The van der Waals surface area contributed by atoms with E-state index in [2.05, 4.69) is 0 Å². The van der Waals surface area contributed by atoms with Gasteiger partial charge in [-0.2, -0.15) is 18.2 Å². The van der Waals surface area contributed by atoms with Crippen molar-refractivity contribution in [1.82, 2.24) is 5.06 Å². The smallest absolute Gasteiger partial charge is 0.419 e. The maximum absolute atomic E-state index is 12.9. The minimum Gasteiger partial charge on any atom is -0.490 e. The third-order valence-electron chi connectivity index (χ3n) is 2.42. The number of halogens is 3. The summed E-state index contributed by atoms with van der Waals surface area (Å²) in [5.74, 6) is -0.251. The lowest BCUT2D eigenvalue weighted by Gasteiger charge is -2.21. The van der Waals surface area contributed by atoms with Gasteiger partial charge in [-0.1, -0.05) is 6.07 Å². The Kier molecular flexibility index (Phi) is 4.78. The molecule has 1 atom stereocenters. The molecule has 0 amide bonds. The van der Waals surface area contributed by atoms with Crippen LogP contribution in [0.1, 0.15) is 31.1 Å². The molecule has 4 nitrogen and oxygen atoms in total. The molecular formula is C12H17F3N2O2. The monoisotopic (exact) mass is 278 g/mol. The standard InChI is InChI=1S/C12H17F3N2O2/c1-7(2)19-10-5-4-8(11(16)17(3)18)6-9(10)12(13,14)15/h4-7,11,18H,16H2,1-3H3. The summed E-state index contributed by atoms with van der Waals surface area (Å²) in [4.78, 5) is 0. The Morgan fingerprint density at radius 1 is 1.32 bits per heavy atom. The number of ether oxygens (including phenoxy) is 1. The molecule has 0 heterocycles. The van der Waals surface area contributed by atoms with Crippen LogP contribution in [-0.2, 0) is 6.18 Å². The van der Waals surface area contributed by atoms with Crippen LogP contribution >= 0.6 is 0 Å². The third kappa shape index (κ3) is 4.09. The minimum absolute atomic E-state index is 0.147. The van der Waals surface area contributed by atoms with Gasteiger partial charge in [-0.15, -0.1) is 0 Å². The molecule has 1 unspecified atom stereocenters. The molecule has 0 fully saturated rings. The van der Waals surface area contributed by atoms with Gasteiger partial charge in [0.2, 0.25) is 0 Å². The molecule has 0 aromatic heterocycles. The molecule has 0 aliphatic rings. The Hall–Kier alpha value is -1.31. The van der Waals surface area contributed by atoms with Crippen molar-refractivity contribution in [2.24, 2.45) is 5.73 Å². The molecule has 3 N–H and O–H groups in total. The van der Waals surface area contributed by atoms with Crippen LogP contribution in [0.2, 0.25) is 0 Å². The highest BCUT2D eigenvalue weighted by atomic mass is 19.4. The van der Waals surface area contributed by atoms with Crippen molar-refractivity contribution in [2.75, 3.05) is 7.05 Å². The molecule has 108 valence electrons. The molecule has 1 aromatic carbocycles. The van der Waals surface area contributed by atoms with Crippen molar-refractivity contribution in [1.29, 1.82) is 0 Å². The predicted octanol–water partition coefficient (Wildman–Crippen LogP) is 2.77.